The monoisotopic (exact) mass is 388 g/mol. The predicted octanol–water partition coefficient (Wildman–Crippen LogP) is 2.48. The largest absolute Gasteiger partial charge is 0.444 e. The van der Waals surface area contributed by atoms with Gasteiger partial charge in [0.1, 0.15) is 11.6 Å². The maximum atomic E-state index is 13.2. The molecule has 0 fully saturated rings. The molecular weight excluding hydrogens is 360 g/mol. The van der Waals surface area contributed by atoms with Crippen molar-refractivity contribution in [2.75, 3.05) is 13.7 Å². The maximum absolute atomic E-state index is 13.2. The van der Waals surface area contributed by atoms with E-state index in [0.29, 0.717) is 13.1 Å². The first kappa shape index (κ1) is 21.4. The molecular formula is C20H28N4O4. The van der Waals surface area contributed by atoms with Crippen LogP contribution in [0.25, 0.3) is 0 Å². The highest BCUT2D eigenvalue weighted by Gasteiger charge is 2.28. The van der Waals surface area contributed by atoms with Crippen LogP contribution in [0.5, 0.6) is 0 Å². The average molecular weight is 388 g/mol. The number of nitrogens with zero attached hydrogens (tertiary/aromatic N) is 2. The van der Waals surface area contributed by atoms with Gasteiger partial charge in [0.25, 0.3) is 0 Å². The molecule has 0 saturated heterocycles. The molecule has 2 N–H and O–H groups in total. The minimum atomic E-state index is -0.869. The van der Waals surface area contributed by atoms with Gasteiger partial charge in [0.05, 0.1) is 18.8 Å². The van der Waals surface area contributed by atoms with E-state index in [4.69, 9.17) is 9.47 Å². The summed E-state index contributed by atoms with van der Waals surface area (Å²) in [5, 5.41) is 9.41. The molecule has 0 unspecified atom stereocenters. The van der Waals surface area contributed by atoms with Crippen LogP contribution in [-0.2, 0) is 27.4 Å². The molecule has 8 heteroatoms. The lowest BCUT2D eigenvalue weighted by Gasteiger charge is -2.28. The molecule has 8 nitrogen and oxygen atoms in total. The fourth-order valence-electron chi connectivity index (χ4n) is 2.61. The number of amides is 2. The van der Waals surface area contributed by atoms with Crippen molar-refractivity contribution in [2.45, 2.75) is 45.5 Å². The van der Waals surface area contributed by atoms with Crippen LogP contribution in [0.2, 0.25) is 0 Å². The molecule has 2 aromatic rings. The number of aromatic nitrogens is 2. The summed E-state index contributed by atoms with van der Waals surface area (Å²) in [6.07, 6.45) is 0.968. The SMILES string of the molecule is COC[C@H](NC(=O)OC(C)(C)C)C(=O)N(Cc1ccccc1)Cc1ccn[nH]1. The number of hydrogen-bond acceptors (Lipinski definition) is 5. The Labute approximate surface area is 165 Å². The van der Waals surface area contributed by atoms with Crippen LogP contribution < -0.4 is 5.32 Å². The molecule has 0 spiro atoms. The number of rotatable bonds is 8. The van der Waals surface area contributed by atoms with Crippen LogP contribution in [0.1, 0.15) is 32.0 Å². The summed E-state index contributed by atoms with van der Waals surface area (Å²) in [5.74, 6) is -0.272. The van der Waals surface area contributed by atoms with Crippen molar-refractivity contribution in [2.24, 2.45) is 0 Å². The summed E-state index contributed by atoms with van der Waals surface area (Å²) in [5.41, 5.74) is 1.10. The summed E-state index contributed by atoms with van der Waals surface area (Å²) in [6.45, 7) is 6.03. The van der Waals surface area contributed by atoms with Crippen molar-refractivity contribution < 1.29 is 19.1 Å². The average Bonchev–Trinajstić information content (AvgIpc) is 3.12. The predicted molar refractivity (Wildman–Crippen MR) is 104 cm³/mol. The third kappa shape index (κ3) is 7.03. The second-order valence-corrected chi connectivity index (χ2v) is 7.42. The minimum absolute atomic E-state index is 0.0341. The Morgan fingerprint density at radius 2 is 1.89 bits per heavy atom. The van der Waals surface area contributed by atoms with Crippen molar-refractivity contribution in [3.8, 4) is 0 Å². The van der Waals surface area contributed by atoms with Gasteiger partial charge in [-0.2, -0.15) is 5.10 Å². The summed E-state index contributed by atoms with van der Waals surface area (Å²) in [4.78, 5) is 27.0. The fourth-order valence-corrected chi connectivity index (χ4v) is 2.61. The lowest BCUT2D eigenvalue weighted by Crippen LogP contribution is -2.51. The topological polar surface area (TPSA) is 96.5 Å². The van der Waals surface area contributed by atoms with E-state index in [-0.39, 0.29) is 12.5 Å². The molecule has 0 aliphatic carbocycles. The van der Waals surface area contributed by atoms with Gasteiger partial charge >= 0.3 is 6.09 Å². The van der Waals surface area contributed by atoms with Gasteiger partial charge in [0.15, 0.2) is 0 Å². The number of carbonyl (C=O) groups is 2. The number of methoxy groups -OCH3 is 1. The highest BCUT2D eigenvalue weighted by atomic mass is 16.6. The third-order valence-corrected chi connectivity index (χ3v) is 3.77. The van der Waals surface area contributed by atoms with E-state index in [9.17, 15) is 9.59 Å². The van der Waals surface area contributed by atoms with Crippen molar-refractivity contribution in [3.05, 3.63) is 53.9 Å². The van der Waals surface area contributed by atoms with Crippen LogP contribution in [0, 0.1) is 0 Å². The van der Waals surface area contributed by atoms with Gasteiger partial charge in [-0.25, -0.2) is 4.79 Å². The van der Waals surface area contributed by atoms with E-state index in [1.807, 2.05) is 30.3 Å². The number of benzene rings is 1. The highest BCUT2D eigenvalue weighted by Crippen LogP contribution is 2.12. The quantitative estimate of drug-likeness (QED) is 0.724. The second kappa shape index (κ2) is 9.89. The number of nitrogens with one attached hydrogen (secondary N) is 2. The van der Waals surface area contributed by atoms with Crippen molar-refractivity contribution in [1.82, 2.24) is 20.4 Å². The van der Waals surface area contributed by atoms with Gasteiger partial charge in [0, 0.05) is 19.9 Å². The first-order valence-corrected chi connectivity index (χ1v) is 9.08. The Balaban J connectivity index is 2.17. The highest BCUT2D eigenvalue weighted by molar-refractivity contribution is 5.86. The third-order valence-electron chi connectivity index (χ3n) is 3.77. The van der Waals surface area contributed by atoms with E-state index in [1.165, 1.54) is 7.11 Å². The van der Waals surface area contributed by atoms with E-state index in [2.05, 4.69) is 15.5 Å². The summed E-state index contributed by atoms with van der Waals surface area (Å²) < 4.78 is 10.4. The second-order valence-electron chi connectivity index (χ2n) is 7.42. The molecule has 1 aromatic heterocycles. The normalized spacial score (nSPS) is 12.3. The fraction of sp³-hybridized carbons (Fsp3) is 0.450. The molecule has 2 rings (SSSR count). The molecule has 1 atom stereocenters. The molecule has 0 aliphatic rings. The molecule has 0 aliphatic heterocycles. The van der Waals surface area contributed by atoms with E-state index in [0.717, 1.165) is 11.3 Å². The van der Waals surface area contributed by atoms with Crippen LogP contribution in [0.3, 0.4) is 0 Å². The van der Waals surface area contributed by atoms with Crippen molar-refractivity contribution >= 4 is 12.0 Å². The zero-order valence-corrected chi connectivity index (χ0v) is 16.8. The van der Waals surface area contributed by atoms with E-state index >= 15 is 0 Å². The summed E-state index contributed by atoms with van der Waals surface area (Å²) in [7, 11) is 1.48. The van der Waals surface area contributed by atoms with Gasteiger partial charge in [0.2, 0.25) is 5.91 Å². The first-order valence-electron chi connectivity index (χ1n) is 9.08. The Hall–Kier alpha value is -2.87. The van der Waals surface area contributed by atoms with Crippen LogP contribution >= 0.6 is 0 Å². The van der Waals surface area contributed by atoms with Gasteiger partial charge in [-0.05, 0) is 32.4 Å². The zero-order valence-electron chi connectivity index (χ0n) is 16.8. The Kier molecular flexibility index (Phi) is 7.57. The number of aromatic amines is 1. The summed E-state index contributed by atoms with van der Waals surface area (Å²) in [6, 6.07) is 10.6. The molecule has 0 saturated carbocycles. The van der Waals surface area contributed by atoms with Crippen LogP contribution in [0.15, 0.2) is 42.6 Å². The Morgan fingerprint density at radius 1 is 1.18 bits per heavy atom. The maximum Gasteiger partial charge on any atom is 0.408 e. The molecule has 0 radical (unpaired) electrons. The molecule has 152 valence electrons. The van der Waals surface area contributed by atoms with Gasteiger partial charge in [-0.3, -0.25) is 9.89 Å². The van der Waals surface area contributed by atoms with Gasteiger partial charge in [-0.1, -0.05) is 30.3 Å². The molecule has 0 bridgehead atoms. The van der Waals surface area contributed by atoms with Crippen molar-refractivity contribution in [3.63, 3.8) is 0 Å². The molecule has 1 heterocycles. The van der Waals surface area contributed by atoms with E-state index in [1.54, 1.807) is 37.9 Å². The lowest BCUT2D eigenvalue weighted by atomic mass is 10.1. The smallest absolute Gasteiger partial charge is 0.408 e. The lowest BCUT2D eigenvalue weighted by molar-refractivity contribution is -0.136. The molecule has 2 amide bonds. The molecule has 1 aromatic carbocycles. The number of carbonyl (C=O) groups excluding carboxylic acids is 2. The van der Waals surface area contributed by atoms with Gasteiger partial charge in [-0.15, -0.1) is 0 Å². The van der Waals surface area contributed by atoms with Crippen LogP contribution in [0.4, 0.5) is 4.79 Å². The Bertz CT molecular complexity index is 741. The number of ether oxygens (including phenoxy) is 2. The number of alkyl carbamates (subject to hydrolysis) is 1. The van der Waals surface area contributed by atoms with Crippen molar-refractivity contribution in [1.29, 1.82) is 0 Å². The van der Waals surface area contributed by atoms with Crippen LogP contribution in [-0.4, -0.2) is 52.5 Å². The first-order chi connectivity index (χ1) is 13.3. The zero-order chi connectivity index (χ0) is 20.6. The van der Waals surface area contributed by atoms with E-state index < -0.39 is 17.7 Å². The Morgan fingerprint density at radius 3 is 2.46 bits per heavy atom. The summed E-state index contributed by atoms with van der Waals surface area (Å²) >= 11 is 0. The standard InChI is InChI=1S/C20H28N4O4/c1-20(2,3)28-19(26)22-17(14-27-4)18(25)24(13-16-10-11-21-23-16)12-15-8-6-5-7-9-15/h5-11,17H,12-14H2,1-4H3,(H,21,23)(H,22,26)/t17-/m0/s1. The number of H-pyrrole nitrogens is 1. The number of hydrogen-bond donors (Lipinski definition) is 2. The molecule has 28 heavy (non-hydrogen) atoms. The van der Waals surface area contributed by atoms with Gasteiger partial charge < -0.3 is 19.7 Å². The minimum Gasteiger partial charge on any atom is -0.444 e.